The third kappa shape index (κ3) is 9.05. The molecule has 0 fully saturated rings. The minimum atomic E-state index is -0.519. The maximum Gasteiger partial charge on any atom is 0.362 e. The summed E-state index contributed by atoms with van der Waals surface area (Å²) < 4.78 is 10.6. The summed E-state index contributed by atoms with van der Waals surface area (Å²) >= 11 is 0. The Bertz CT molecular complexity index is 886. The molecule has 0 amide bonds. The second kappa shape index (κ2) is 13.4. The smallest absolute Gasteiger partial charge is 0.362 e. The minimum absolute atomic E-state index is 0.379. The Labute approximate surface area is 182 Å². The zero-order chi connectivity index (χ0) is 22.3. The quantitative estimate of drug-likeness (QED) is 0.214. The topological polar surface area (TPSA) is 97.7 Å². The molecule has 162 valence electrons. The van der Waals surface area contributed by atoms with Gasteiger partial charge in [-0.15, -0.1) is 0 Å². The molecule has 0 saturated heterocycles. The Morgan fingerprint density at radius 3 is 2.23 bits per heavy atom. The highest BCUT2D eigenvalue weighted by atomic mass is 16.7. The molecule has 0 aliphatic heterocycles. The van der Waals surface area contributed by atoms with Gasteiger partial charge in [-0.25, -0.2) is 15.1 Å². The summed E-state index contributed by atoms with van der Waals surface area (Å²) in [7, 11) is 0. The van der Waals surface area contributed by atoms with E-state index in [1.807, 2.05) is 6.07 Å². The molecule has 0 aliphatic carbocycles. The summed E-state index contributed by atoms with van der Waals surface area (Å²) in [6.45, 7) is 4.37. The van der Waals surface area contributed by atoms with Gasteiger partial charge in [0, 0.05) is 6.08 Å². The summed E-state index contributed by atoms with van der Waals surface area (Å²) in [6, 6.07) is 15.3. The number of nitriles is 1. The van der Waals surface area contributed by atoms with E-state index in [1.54, 1.807) is 48.5 Å². The molecule has 0 aliphatic rings. The van der Waals surface area contributed by atoms with Crippen LogP contribution in [0.5, 0.6) is 5.75 Å². The summed E-state index contributed by atoms with van der Waals surface area (Å²) in [5.41, 5.74) is 4.06. The van der Waals surface area contributed by atoms with Crippen LogP contribution >= 0.6 is 0 Å². The van der Waals surface area contributed by atoms with E-state index in [4.69, 9.17) is 19.6 Å². The lowest BCUT2D eigenvalue weighted by Gasteiger charge is -2.08. The molecular formula is C24H26N2O5. The van der Waals surface area contributed by atoms with Crippen LogP contribution in [0.4, 0.5) is 5.69 Å². The van der Waals surface area contributed by atoms with Crippen molar-refractivity contribution in [3.8, 4) is 11.8 Å². The van der Waals surface area contributed by atoms with E-state index in [2.05, 4.69) is 12.1 Å². The Hall–Kier alpha value is -3.79. The Morgan fingerprint density at radius 2 is 1.58 bits per heavy atom. The first-order valence-corrected chi connectivity index (χ1v) is 10.1. The molecule has 0 heterocycles. The molecule has 7 nitrogen and oxygen atoms in total. The monoisotopic (exact) mass is 422 g/mol. The van der Waals surface area contributed by atoms with E-state index >= 15 is 0 Å². The summed E-state index contributed by atoms with van der Waals surface area (Å²) in [5, 5.41) is 8.78. The predicted octanol–water partition coefficient (Wildman–Crippen LogP) is 4.80. The zero-order valence-electron chi connectivity index (χ0n) is 17.3. The van der Waals surface area contributed by atoms with Crippen LogP contribution in [-0.4, -0.2) is 25.2 Å². The van der Waals surface area contributed by atoms with E-state index < -0.39 is 5.97 Å². The maximum atomic E-state index is 12.1. The van der Waals surface area contributed by atoms with Crippen molar-refractivity contribution in [2.75, 3.05) is 18.7 Å². The van der Waals surface area contributed by atoms with Gasteiger partial charge in [0.15, 0.2) is 0 Å². The first-order chi connectivity index (χ1) is 15.1. The molecule has 7 heteroatoms. The number of unbranched alkanes of at least 4 members (excludes halogenated alkanes) is 4. The van der Waals surface area contributed by atoms with Crippen molar-refractivity contribution in [1.82, 2.24) is 0 Å². The van der Waals surface area contributed by atoms with Crippen molar-refractivity contribution in [3.05, 3.63) is 72.3 Å². The van der Waals surface area contributed by atoms with Crippen molar-refractivity contribution in [3.63, 3.8) is 0 Å². The molecule has 0 bridgehead atoms. The number of esters is 1. The van der Waals surface area contributed by atoms with Crippen LogP contribution in [0.3, 0.4) is 0 Å². The normalized spacial score (nSPS) is 9.90. The molecule has 2 aromatic rings. The highest BCUT2D eigenvalue weighted by molar-refractivity contribution is 5.90. The van der Waals surface area contributed by atoms with E-state index in [-0.39, 0.29) is 5.97 Å². The highest BCUT2D eigenvalue weighted by Gasteiger charge is 2.08. The van der Waals surface area contributed by atoms with Gasteiger partial charge in [-0.3, -0.25) is 0 Å². The fourth-order valence-electron chi connectivity index (χ4n) is 2.62. The Balaban J connectivity index is 1.59. The third-order valence-electron chi connectivity index (χ3n) is 4.33. The van der Waals surface area contributed by atoms with Crippen molar-refractivity contribution in [2.24, 2.45) is 0 Å². The molecule has 1 N–H and O–H groups in total. The molecule has 0 spiro atoms. The van der Waals surface area contributed by atoms with Gasteiger partial charge < -0.3 is 14.3 Å². The number of hydrogen-bond acceptors (Lipinski definition) is 7. The molecule has 2 rings (SSSR count). The Morgan fingerprint density at radius 1 is 0.935 bits per heavy atom. The summed E-state index contributed by atoms with van der Waals surface area (Å²) in [6.07, 6.45) is 6.01. The number of benzene rings is 2. The molecular weight excluding hydrogens is 396 g/mol. The first kappa shape index (κ1) is 23.5. The van der Waals surface area contributed by atoms with Crippen LogP contribution in [0.2, 0.25) is 0 Å². The number of carbonyl (C=O) groups excluding carboxylic acids is 2. The van der Waals surface area contributed by atoms with E-state index in [0.29, 0.717) is 35.8 Å². The number of carbonyl (C=O) groups is 2. The number of ether oxygens (including phenoxy) is 2. The van der Waals surface area contributed by atoms with Crippen molar-refractivity contribution < 1.29 is 23.9 Å². The van der Waals surface area contributed by atoms with E-state index in [1.165, 1.54) is 6.08 Å². The molecule has 0 saturated carbocycles. The van der Waals surface area contributed by atoms with Crippen molar-refractivity contribution >= 4 is 17.6 Å². The molecule has 0 radical (unpaired) electrons. The van der Waals surface area contributed by atoms with Gasteiger partial charge in [0.2, 0.25) is 0 Å². The molecule has 0 aromatic heterocycles. The minimum Gasteiger partial charge on any atom is -0.494 e. The average molecular weight is 422 g/mol. The van der Waals surface area contributed by atoms with Crippen molar-refractivity contribution in [2.45, 2.75) is 32.1 Å². The second-order valence-corrected chi connectivity index (χ2v) is 6.69. The standard InChI is InChI=1S/C24H26N2O5/c1-2-23(27)30-17-7-5-3-4-6-16-29-22-14-10-20(11-15-22)24(28)31-26-21-12-8-19(18-25)9-13-21/h2,8-15,26H,1,3-7,16-17H2. The van der Waals surface area contributed by atoms with Gasteiger partial charge in [0.1, 0.15) is 5.75 Å². The summed E-state index contributed by atoms with van der Waals surface area (Å²) in [4.78, 5) is 28.1. The molecule has 2 aromatic carbocycles. The summed E-state index contributed by atoms with van der Waals surface area (Å²) in [5.74, 6) is -0.210. The van der Waals surface area contributed by atoms with Crippen LogP contribution in [0.1, 0.15) is 48.0 Å². The highest BCUT2D eigenvalue weighted by Crippen LogP contribution is 2.15. The molecule has 31 heavy (non-hydrogen) atoms. The number of rotatable bonds is 13. The zero-order valence-corrected chi connectivity index (χ0v) is 17.3. The van der Waals surface area contributed by atoms with Crippen LogP contribution in [0, 0.1) is 11.3 Å². The lowest BCUT2D eigenvalue weighted by Crippen LogP contribution is -2.10. The van der Waals surface area contributed by atoms with Gasteiger partial charge in [-0.2, -0.15) is 5.26 Å². The first-order valence-electron chi connectivity index (χ1n) is 10.1. The Kier molecular flexibility index (Phi) is 10.2. The fourth-order valence-corrected chi connectivity index (χ4v) is 2.62. The molecule has 0 atom stereocenters. The molecule has 0 unspecified atom stereocenters. The van der Waals surface area contributed by atoms with E-state index in [0.717, 1.165) is 32.1 Å². The number of nitrogens with zero attached hydrogens (tertiary/aromatic N) is 1. The van der Waals surface area contributed by atoms with Gasteiger partial charge in [0.25, 0.3) is 0 Å². The second-order valence-electron chi connectivity index (χ2n) is 6.69. The largest absolute Gasteiger partial charge is 0.494 e. The van der Waals surface area contributed by atoms with Crippen LogP contribution in [-0.2, 0) is 14.4 Å². The number of hydrogen-bond donors (Lipinski definition) is 1. The van der Waals surface area contributed by atoms with Gasteiger partial charge >= 0.3 is 11.9 Å². The van der Waals surface area contributed by atoms with Crippen LogP contribution in [0.15, 0.2) is 61.2 Å². The van der Waals surface area contributed by atoms with Crippen LogP contribution < -0.4 is 10.2 Å². The van der Waals surface area contributed by atoms with Crippen LogP contribution in [0.25, 0.3) is 0 Å². The third-order valence-corrected chi connectivity index (χ3v) is 4.33. The van der Waals surface area contributed by atoms with Gasteiger partial charge in [-0.05, 0) is 61.4 Å². The van der Waals surface area contributed by atoms with Gasteiger partial charge in [-0.1, -0.05) is 25.8 Å². The van der Waals surface area contributed by atoms with Crippen molar-refractivity contribution in [1.29, 1.82) is 5.26 Å². The SMILES string of the molecule is C=CC(=O)OCCCCCCCOc1ccc(C(=O)ONc2ccc(C#N)cc2)cc1. The predicted molar refractivity (Wildman–Crippen MR) is 116 cm³/mol. The van der Waals surface area contributed by atoms with Gasteiger partial charge in [0.05, 0.1) is 36.1 Å². The number of anilines is 1. The average Bonchev–Trinajstić information content (AvgIpc) is 2.82. The fraction of sp³-hybridized carbons (Fsp3) is 0.292. The maximum absolute atomic E-state index is 12.1. The lowest BCUT2D eigenvalue weighted by molar-refractivity contribution is -0.137. The number of nitrogens with one attached hydrogen (secondary N) is 1. The lowest BCUT2D eigenvalue weighted by atomic mass is 10.1. The van der Waals surface area contributed by atoms with E-state index in [9.17, 15) is 9.59 Å².